The molecular formula is C18H21F3O4. The van der Waals surface area contributed by atoms with Crippen molar-refractivity contribution in [3.05, 3.63) is 28.8 Å². The Morgan fingerprint density at radius 3 is 2.48 bits per heavy atom. The summed E-state index contributed by atoms with van der Waals surface area (Å²) in [7, 11) is 0. The zero-order valence-electron chi connectivity index (χ0n) is 14.3. The molecule has 3 atom stereocenters. The van der Waals surface area contributed by atoms with Crippen LogP contribution in [0, 0.1) is 11.3 Å². The second-order valence-corrected chi connectivity index (χ2v) is 7.70. The summed E-state index contributed by atoms with van der Waals surface area (Å²) in [5, 5.41) is 19.6. The zero-order valence-corrected chi connectivity index (χ0v) is 14.3. The normalized spacial score (nSPS) is 30.8. The molecule has 138 valence electrons. The van der Waals surface area contributed by atoms with Gasteiger partial charge in [-0.1, -0.05) is 20.8 Å². The first-order valence-electron chi connectivity index (χ1n) is 8.24. The standard InChI is InChI=1S/C18H21F3O4/c1-9-4-5-13(22)16(2,3)17(9)8-11-6-10(15(23)24)7-12(14(11)25-17)18(19,20)21/h6-7,9,13,22H,4-5,8H2,1-3H3,(H,23,24)/t9-,13+,17+/m1/s1. The largest absolute Gasteiger partial charge is 0.485 e. The smallest absolute Gasteiger partial charge is 0.419 e. The minimum atomic E-state index is -4.72. The molecule has 2 N–H and O–H groups in total. The molecule has 1 aromatic carbocycles. The van der Waals surface area contributed by atoms with E-state index in [-0.39, 0.29) is 23.7 Å². The zero-order chi connectivity index (χ0) is 18.8. The van der Waals surface area contributed by atoms with Crippen molar-refractivity contribution in [3.63, 3.8) is 0 Å². The first kappa shape index (κ1) is 18.0. The molecule has 0 radical (unpaired) electrons. The molecule has 1 aromatic rings. The van der Waals surface area contributed by atoms with Gasteiger partial charge in [-0.3, -0.25) is 0 Å². The third kappa shape index (κ3) is 2.51. The quantitative estimate of drug-likeness (QED) is 0.799. The summed E-state index contributed by atoms with van der Waals surface area (Å²) in [5.74, 6) is -1.79. The molecule has 1 aliphatic carbocycles. The average Bonchev–Trinajstić information content (AvgIpc) is 2.89. The number of aliphatic hydroxyl groups is 1. The predicted octanol–water partition coefficient (Wildman–Crippen LogP) is 3.89. The van der Waals surface area contributed by atoms with E-state index in [1.165, 1.54) is 6.07 Å². The molecule has 7 heteroatoms. The molecule has 0 saturated heterocycles. The van der Waals surface area contributed by atoms with Crippen LogP contribution in [0.4, 0.5) is 13.2 Å². The highest BCUT2D eigenvalue weighted by atomic mass is 19.4. The number of fused-ring (bicyclic) bond motifs is 1. The maximum absolute atomic E-state index is 13.5. The Bertz CT molecular complexity index is 726. The van der Waals surface area contributed by atoms with E-state index in [2.05, 4.69) is 0 Å². The van der Waals surface area contributed by atoms with Crippen LogP contribution in [0.5, 0.6) is 5.75 Å². The maximum atomic E-state index is 13.5. The van der Waals surface area contributed by atoms with E-state index >= 15 is 0 Å². The molecule has 1 saturated carbocycles. The van der Waals surface area contributed by atoms with Gasteiger partial charge in [0.1, 0.15) is 11.4 Å². The van der Waals surface area contributed by atoms with Crippen LogP contribution in [-0.2, 0) is 12.6 Å². The molecular weight excluding hydrogens is 337 g/mol. The summed E-state index contributed by atoms with van der Waals surface area (Å²) in [6.45, 7) is 5.50. The van der Waals surface area contributed by atoms with Gasteiger partial charge in [-0.15, -0.1) is 0 Å². The fourth-order valence-electron chi connectivity index (χ4n) is 4.33. The Kier molecular flexibility index (Phi) is 3.87. The SMILES string of the molecule is C[C@@H]1CC[C@H](O)C(C)(C)[C@]12Cc1cc(C(=O)O)cc(C(F)(F)F)c1O2. The Labute approximate surface area is 143 Å². The van der Waals surface area contributed by atoms with Gasteiger partial charge >= 0.3 is 12.1 Å². The monoisotopic (exact) mass is 358 g/mol. The molecule has 4 nitrogen and oxygen atoms in total. The number of aromatic carboxylic acids is 1. The van der Waals surface area contributed by atoms with Crippen molar-refractivity contribution < 1.29 is 32.9 Å². The molecule has 1 spiro atoms. The van der Waals surface area contributed by atoms with Gasteiger partial charge in [0.15, 0.2) is 0 Å². The van der Waals surface area contributed by atoms with Crippen molar-refractivity contribution in [3.8, 4) is 5.75 Å². The number of benzene rings is 1. The van der Waals surface area contributed by atoms with Crippen molar-refractivity contribution in [1.29, 1.82) is 0 Å². The molecule has 1 heterocycles. The maximum Gasteiger partial charge on any atom is 0.419 e. The third-order valence-corrected chi connectivity index (χ3v) is 6.05. The minimum Gasteiger partial charge on any atom is -0.485 e. The van der Waals surface area contributed by atoms with Crippen LogP contribution < -0.4 is 4.74 Å². The first-order chi connectivity index (χ1) is 11.4. The van der Waals surface area contributed by atoms with E-state index in [1.54, 1.807) is 13.8 Å². The number of halogens is 3. The molecule has 3 rings (SSSR count). The minimum absolute atomic E-state index is 0.0762. The Morgan fingerprint density at radius 2 is 1.92 bits per heavy atom. The number of ether oxygens (including phenoxy) is 1. The lowest BCUT2D eigenvalue weighted by Gasteiger charge is -2.53. The van der Waals surface area contributed by atoms with Gasteiger partial charge in [-0.25, -0.2) is 4.79 Å². The second-order valence-electron chi connectivity index (χ2n) is 7.70. The van der Waals surface area contributed by atoms with Crippen molar-refractivity contribution in [2.75, 3.05) is 0 Å². The van der Waals surface area contributed by atoms with Crippen LogP contribution in [0.2, 0.25) is 0 Å². The number of carboxylic acids is 1. The number of alkyl halides is 3. The van der Waals surface area contributed by atoms with Gasteiger partial charge in [0, 0.05) is 11.8 Å². The lowest BCUT2D eigenvalue weighted by atomic mass is 9.58. The number of hydrogen-bond acceptors (Lipinski definition) is 3. The third-order valence-electron chi connectivity index (χ3n) is 6.05. The summed E-state index contributed by atoms with van der Waals surface area (Å²) in [6.07, 6.45) is -4.08. The van der Waals surface area contributed by atoms with Gasteiger partial charge in [0.05, 0.1) is 17.2 Å². The van der Waals surface area contributed by atoms with Crippen LogP contribution in [-0.4, -0.2) is 27.9 Å². The number of carbonyl (C=O) groups is 1. The van der Waals surface area contributed by atoms with Crippen molar-refractivity contribution >= 4 is 5.97 Å². The Hall–Kier alpha value is -1.76. The molecule has 0 bridgehead atoms. The lowest BCUT2D eigenvalue weighted by Crippen LogP contribution is -2.61. The summed E-state index contributed by atoms with van der Waals surface area (Å²) < 4.78 is 46.4. The number of hydrogen-bond donors (Lipinski definition) is 2. The second kappa shape index (κ2) is 5.37. The van der Waals surface area contributed by atoms with Crippen LogP contribution in [0.1, 0.15) is 55.1 Å². The summed E-state index contributed by atoms with van der Waals surface area (Å²) >= 11 is 0. The van der Waals surface area contributed by atoms with E-state index in [0.717, 1.165) is 0 Å². The summed E-state index contributed by atoms with van der Waals surface area (Å²) in [5.41, 5.74) is -3.00. The molecule has 0 unspecified atom stereocenters. The van der Waals surface area contributed by atoms with E-state index < -0.39 is 40.4 Å². The van der Waals surface area contributed by atoms with Gasteiger partial charge in [0.2, 0.25) is 0 Å². The van der Waals surface area contributed by atoms with Crippen LogP contribution in [0.25, 0.3) is 0 Å². The van der Waals surface area contributed by atoms with Gasteiger partial charge in [0.25, 0.3) is 0 Å². The molecule has 0 amide bonds. The first-order valence-corrected chi connectivity index (χ1v) is 8.24. The Morgan fingerprint density at radius 1 is 1.28 bits per heavy atom. The fraction of sp³-hybridized carbons (Fsp3) is 0.611. The van der Waals surface area contributed by atoms with E-state index in [9.17, 15) is 23.1 Å². The number of carboxylic acid groups (broad SMARTS) is 1. The van der Waals surface area contributed by atoms with Gasteiger partial charge < -0.3 is 14.9 Å². The highest BCUT2D eigenvalue weighted by molar-refractivity contribution is 5.88. The van der Waals surface area contributed by atoms with E-state index in [1.807, 2.05) is 6.92 Å². The van der Waals surface area contributed by atoms with Crippen molar-refractivity contribution in [1.82, 2.24) is 0 Å². The van der Waals surface area contributed by atoms with Crippen LogP contribution >= 0.6 is 0 Å². The molecule has 0 aromatic heterocycles. The van der Waals surface area contributed by atoms with Crippen LogP contribution in [0.15, 0.2) is 12.1 Å². The lowest BCUT2D eigenvalue weighted by molar-refractivity contribution is -0.163. The fourth-order valence-corrected chi connectivity index (χ4v) is 4.33. The van der Waals surface area contributed by atoms with Gasteiger partial charge in [-0.2, -0.15) is 13.2 Å². The summed E-state index contributed by atoms with van der Waals surface area (Å²) in [4.78, 5) is 11.2. The average molecular weight is 358 g/mol. The molecule has 1 aliphatic heterocycles. The van der Waals surface area contributed by atoms with Crippen LogP contribution in [0.3, 0.4) is 0 Å². The highest BCUT2D eigenvalue weighted by Crippen LogP contribution is 2.57. The van der Waals surface area contributed by atoms with Crippen molar-refractivity contribution in [2.45, 2.75) is 57.9 Å². The molecule has 25 heavy (non-hydrogen) atoms. The summed E-state index contributed by atoms with van der Waals surface area (Å²) in [6, 6.07) is 1.88. The van der Waals surface area contributed by atoms with Gasteiger partial charge in [-0.05, 0) is 36.5 Å². The van der Waals surface area contributed by atoms with Crippen molar-refractivity contribution in [2.24, 2.45) is 11.3 Å². The number of aliphatic hydroxyl groups excluding tert-OH is 1. The highest BCUT2D eigenvalue weighted by Gasteiger charge is 2.60. The predicted molar refractivity (Wildman–Crippen MR) is 83.7 cm³/mol. The Balaban J connectivity index is 2.18. The molecule has 2 aliphatic rings. The van der Waals surface area contributed by atoms with E-state index in [4.69, 9.17) is 9.84 Å². The molecule has 1 fully saturated rings. The topological polar surface area (TPSA) is 66.8 Å². The van der Waals surface area contributed by atoms with E-state index in [0.29, 0.717) is 18.9 Å². The number of rotatable bonds is 1.